The number of esters is 1. The molecule has 7 nitrogen and oxygen atoms in total. The monoisotopic (exact) mass is 298 g/mol. The lowest BCUT2D eigenvalue weighted by molar-refractivity contribution is -0.140. The lowest BCUT2D eigenvalue weighted by Gasteiger charge is -2.18. The molecule has 0 aliphatic rings. The lowest BCUT2D eigenvalue weighted by atomic mass is 10.1. The van der Waals surface area contributed by atoms with Gasteiger partial charge in [0.2, 0.25) is 0 Å². The Bertz CT molecular complexity index is 561. The Morgan fingerprint density at radius 3 is 2.62 bits per heavy atom. The van der Waals surface area contributed by atoms with Gasteiger partial charge in [-0.15, -0.1) is 0 Å². The first kappa shape index (κ1) is 16.4. The molecule has 0 spiro atoms. The Hall–Kier alpha value is -2.64. The summed E-state index contributed by atoms with van der Waals surface area (Å²) >= 11 is 0. The topological polar surface area (TPSA) is 95.9 Å². The molecular weight excluding hydrogens is 283 g/mol. The first-order valence-electron chi connectivity index (χ1n) is 5.97. The van der Waals surface area contributed by atoms with Gasteiger partial charge in [-0.05, 0) is 18.2 Å². The van der Waals surface area contributed by atoms with Crippen LogP contribution in [0, 0.1) is 5.82 Å². The molecule has 0 bridgehead atoms. The summed E-state index contributed by atoms with van der Waals surface area (Å²) in [6.07, 6.45) is 0.00955. The Labute approximate surface area is 120 Å². The van der Waals surface area contributed by atoms with E-state index in [0.717, 1.165) is 18.2 Å². The normalized spacial score (nSPS) is 9.86. The van der Waals surface area contributed by atoms with E-state index in [0.29, 0.717) is 0 Å². The molecule has 0 atom stereocenters. The molecule has 2 amide bonds. The van der Waals surface area contributed by atoms with Crippen molar-refractivity contribution in [3.63, 3.8) is 0 Å². The summed E-state index contributed by atoms with van der Waals surface area (Å²) in [7, 11) is 2.67. The molecule has 21 heavy (non-hydrogen) atoms. The van der Waals surface area contributed by atoms with Gasteiger partial charge in [-0.3, -0.25) is 4.79 Å². The number of carboxylic acids is 1. The Morgan fingerprint density at radius 2 is 2.05 bits per heavy atom. The summed E-state index contributed by atoms with van der Waals surface area (Å²) in [5.74, 6) is -2.55. The summed E-state index contributed by atoms with van der Waals surface area (Å²) in [6.45, 7) is 0.0993. The van der Waals surface area contributed by atoms with Crippen molar-refractivity contribution in [3.05, 3.63) is 29.6 Å². The number of rotatable bonds is 5. The molecule has 0 unspecified atom stereocenters. The summed E-state index contributed by atoms with van der Waals surface area (Å²) in [5.41, 5.74) is -0.386. The highest BCUT2D eigenvalue weighted by molar-refractivity contribution is 6.00. The average Bonchev–Trinajstić information content (AvgIpc) is 2.45. The van der Waals surface area contributed by atoms with E-state index in [1.54, 1.807) is 0 Å². The second kappa shape index (κ2) is 7.22. The molecule has 0 heterocycles. The molecule has 0 saturated carbocycles. The van der Waals surface area contributed by atoms with E-state index in [1.165, 1.54) is 19.1 Å². The van der Waals surface area contributed by atoms with E-state index >= 15 is 0 Å². The molecule has 1 aromatic rings. The fourth-order valence-corrected chi connectivity index (χ4v) is 1.48. The number of halogens is 1. The number of hydrogen-bond donors (Lipinski definition) is 2. The second-order valence-electron chi connectivity index (χ2n) is 4.17. The number of amides is 2. The van der Waals surface area contributed by atoms with Gasteiger partial charge >= 0.3 is 18.0 Å². The smallest absolute Gasteiger partial charge is 0.337 e. The fraction of sp³-hybridized carbons (Fsp3) is 0.308. The number of nitrogens with zero attached hydrogens (tertiary/aromatic N) is 1. The van der Waals surface area contributed by atoms with Crippen LogP contribution in [0.3, 0.4) is 0 Å². The number of carboxylic acid groups (broad SMARTS) is 1. The van der Waals surface area contributed by atoms with Crippen molar-refractivity contribution in [1.29, 1.82) is 0 Å². The summed E-state index contributed by atoms with van der Waals surface area (Å²) < 4.78 is 17.5. The molecule has 114 valence electrons. The van der Waals surface area contributed by atoms with Gasteiger partial charge in [0.15, 0.2) is 0 Å². The molecule has 0 aliphatic carbocycles. The third-order valence-corrected chi connectivity index (χ3v) is 2.68. The number of urea groups is 1. The van der Waals surface area contributed by atoms with Crippen LogP contribution in [0.4, 0.5) is 14.9 Å². The number of nitrogens with one attached hydrogen (secondary N) is 1. The van der Waals surface area contributed by atoms with Gasteiger partial charge in [0.1, 0.15) is 5.82 Å². The SMILES string of the molecule is COC(=O)CCN(C)C(=O)Nc1ccc(F)cc1C(=O)O. The van der Waals surface area contributed by atoms with Gasteiger partial charge in [-0.2, -0.15) is 0 Å². The van der Waals surface area contributed by atoms with Crippen LogP contribution in [0.15, 0.2) is 18.2 Å². The maximum atomic E-state index is 13.0. The van der Waals surface area contributed by atoms with E-state index in [9.17, 15) is 18.8 Å². The van der Waals surface area contributed by atoms with E-state index in [1.807, 2.05) is 0 Å². The molecule has 2 N–H and O–H groups in total. The molecule has 8 heteroatoms. The van der Waals surface area contributed by atoms with E-state index < -0.39 is 23.8 Å². The van der Waals surface area contributed by atoms with Gasteiger partial charge in [0.25, 0.3) is 0 Å². The van der Waals surface area contributed by atoms with Crippen LogP contribution in [-0.4, -0.2) is 48.7 Å². The van der Waals surface area contributed by atoms with Crippen LogP contribution in [0.2, 0.25) is 0 Å². The standard InChI is InChI=1S/C13H15FN2O5/c1-16(6-5-11(17)21-2)13(20)15-10-4-3-8(14)7-9(10)12(18)19/h3-4,7H,5-6H2,1-2H3,(H,15,20)(H,18,19). The summed E-state index contributed by atoms with van der Waals surface area (Å²) in [4.78, 5) is 35.0. The maximum absolute atomic E-state index is 13.0. The summed E-state index contributed by atoms with van der Waals surface area (Å²) in [5, 5.41) is 11.3. The highest BCUT2D eigenvalue weighted by atomic mass is 19.1. The van der Waals surface area contributed by atoms with Crippen molar-refractivity contribution >= 4 is 23.7 Å². The predicted octanol–water partition coefficient (Wildman–Crippen LogP) is 1.55. The van der Waals surface area contributed by atoms with Gasteiger partial charge in [0.05, 0.1) is 24.8 Å². The van der Waals surface area contributed by atoms with Crippen LogP contribution in [-0.2, 0) is 9.53 Å². The van der Waals surface area contributed by atoms with Crippen LogP contribution in [0.25, 0.3) is 0 Å². The molecule has 1 rings (SSSR count). The number of hydrogen-bond acceptors (Lipinski definition) is 4. The number of carbonyl (C=O) groups excluding carboxylic acids is 2. The quantitative estimate of drug-likeness (QED) is 0.804. The fourth-order valence-electron chi connectivity index (χ4n) is 1.48. The minimum Gasteiger partial charge on any atom is -0.478 e. The van der Waals surface area contributed by atoms with Crippen molar-refractivity contribution in [3.8, 4) is 0 Å². The van der Waals surface area contributed by atoms with Crippen molar-refractivity contribution in [2.75, 3.05) is 26.0 Å². The molecule has 0 aliphatic heterocycles. The minimum absolute atomic E-state index is 0.00955. The van der Waals surface area contributed by atoms with Crippen molar-refractivity contribution in [2.24, 2.45) is 0 Å². The number of carbonyl (C=O) groups is 3. The highest BCUT2D eigenvalue weighted by Gasteiger charge is 2.16. The number of benzene rings is 1. The van der Waals surface area contributed by atoms with Gasteiger partial charge in [-0.25, -0.2) is 14.0 Å². The first-order valence-corrected chi connectivity index (χ1v) is 5.97. The third-order valence-electron chi connectivity index (χ3n) is 2.68. The minimum atomic E-state index is -1.36. The third kappa shape index (κ3) is 4.75. The zero-order valence-electron chi connectivity index (χ0n) is 11.6. The number of aromatic carboxylic acids is 1. The van der Waals surface area contributed by atoms with Gasteiger partial charge in [0, 0.05) is 13.6 Å². The zero-order chi connectivity index (χ0) is 16.0. The second-order valence-corrected chi connectivity index (χ2v) is 4.17. The van der Waals surface area contributed by atoms with Gasteiger partial charge in [-0.1, -0.05) is 0 Å². The van der Waals surface area contributed by atoms with Crippen LogP contribution >= 0.6 is 0 Å². The van der Waals surface area contributed by atoms with Crippen LogP contribution in [0.5, 0.6) is 0 Å². The molecule has 0 aromatic heterocycles. The van der Waals surface area contributed by atoms with Crippen molar-refractivity contribution < 1.29 is 28.6 Å². The van der Waals surface area contributed by atoms with Crippen molar-refractivity contribution in [1.82, 2.24) is 4.90 Å². The molecule has 0 radical (unpaired) electrons. The average molecular weight is 298 g/mol. The molecule has 1 aromatic carbocycles. The van der Waals surface area contributed by atoms with Gasteiger partial charge < -0.3 is 20.1 Å². The Kier molecular flexibility index (Phi) is 5.65. The summed E-state index contributed by atoms with van der Waals surface area (Å²) in [6, 6.07) is 2.39. The van der Waals surface area contributed by atoms with Crippen LogP contribution in [0.1, 0.15) is 16.8 Å². The van der Waals surface area contributed by atoms with Crippen LogP contribution < -0.4 is 5.32 Å². The zero-order valence-corrected chi connectivity index (χ0v) is 11.6. The van der Waals surface area contributed by atoms with E-state index in [2.05, 4.69) is 10.1 Å². The molecule has 0 fully saturated rings. The Morgan fingerprint density at radius 1 is 1.38 bits per heavy atom. The van der Waals surface area contributed by atoms with E-state index in [4.69, 9.17) is 5.11 Å². The van der Waals surface area contributed by atoms with E-state index in [-0.39, 0.29) is 24.2 Å². The highest BCUT2D eigenvalue weighted by Crippen LogP contribution is 2.17. The molecular formula is C13H15FN2O5. The van der Waals surface area contributed by atoms with Crippen molar-refractivity contribution in [2.45, 2.75) is 6.42 Å². The molecule has 0 saturated heterocycles. The Balaban J connectivity index is 2.74. The largest absolute Gasteiger partial charge is 0.478 e. The predicted molar refractivity (Wildman–Crippen MR) is 71.6 cm³/mol. The number of methoxy groups -OCH3 is 1. The lowest BCUT2D eigenvalue weighted by Crippen LogP contribution is -2.33. The maximum Gasteiger partial charge on any atom is 0.337 e. The number of anilines is 1. The first-order chi connectivity index (χ1) is 9.85. The number of ether oxygens (including phenoxy) is 1.